The molecule has 0 aliphatic heterocycles. The molecule has 0 heterocycles. The number of rotatable bonds is 8. The molecule has 1 N–H and O–H groups in total. The number of unbranched alkanes of at least 4 members (excludes halogenated alkanes) is 2. The topological polar surface area (TPSA) is 37.3 Å². The minimum absolute atomic E-state index is 0.212. The van der Waals surface area contributed by atoms with Crippen LogP contribution in [-0.4, -0.2) is 17.5 Å². The Kier molecular flexibility index (Phi) is 8.00. The monoisotopic (exact) mass is 186 g/mol. The fourth-order valence-corrected chi connectivity index (χ4v) is 1.62. The molecule has 0 saturated heterocycles. The van der Waals surface area contributed by atoms with Crippen molar-refractivity contribution in [2.24, 2.45) is 5.92 Å². The van der Waals surface area contributed by atoms with Gasteiger partial charge in [0.2, 0.25) is 0 Å². The molecule has 0 aliphatic carbocycles. The lowest BCUT2D eigenvalue weighted by atomic mass is 9.93. The summed E-state index contributed by atoms with van der Waals surface area (Å²) in [7, 11) is 0. The number of Topliss-reactive ketones (excluding diaryl/α,β-unsaturated/α-hetero) is 1. The van der Waals surface area contributed by atoms with Crippen molar-refractivity contribution < 1.29 is 9.90 Å². The molecule has 0 spiro atoms. The molecule has 0 radical (unpaired) electrons. The van der Waals surface area contributed by atoms with E-state index in [1.807, 2.05) is 0 Å². The van der Waals surface area contributed by atoms with Crippen LogP contribution in [0.15, 0.2) is 0 Å². The Hall–Kier alpha value is -0.370. The van der Waals surface area contributed by atoms with Gasteiger partial charge in [0.25, 0.3) is 0 Å². The maximum atomic E-state index is 10.9. The minimum atomic E-state index is 0.212. The fourth-order valence-electron chi connectivity index (χ4n) is 1.62. The predicted molar refractivity (Wildman–Crippen MR) is 54.6 cm³/mol. The molecule has 1 atom stereocenters. The second-order valence-corrected chi connectivity index (χ2v) is 3.78. The highest BCUT2D eigenvalue weighted by Gasteiger charge is 2.09. The van der Waals surface area contributed by atoms with Gasteiger partial charge in [0.15, 0.2) is 0 Å². The second kappa shape index (κ2) is 8.24. The van der Waals surface area contributed by atoms with E-state index in [4.69, 9.17) is 5.11 Å². The van der Waals surface area contributed by atoms with Crippen LogP contribution in [0.4, 0.5) is 0 Å². The number of carbonyl (C=O) groups excluding carboxylic acids is 1. The molecular weight excluding hydrogens is 164 g/mol. The van der Waals surface area contributed by atoms with E-state index in [2.05, 4.69) is 6.92 Å². The molecule has 2 heteroatoms. The maximum Gasteiger partial charge on any atom is 0.130 e. The van der Waals surface area contributed by atoms with Crippen LogP contribution in [0.25, 0.3) is 0 Å². The van der Waals surface area contributed by atoms with Gasteiger partial charge in [-0.1, -0.05) is 26.2 Å². The largest absolute Gasteiger partial charge is 0.396 e. The molecule has 0 fully saturated rings. The van der Waals surface area contributed by atoms with E-state index in [9.17, 15) is 4.79 Å². The van der Waals surface area contributed by atoms with E-state index in [-0.39, 0.29) is 12.4 Å². The van der Waals surface area contributed by atoms with Crippen molar-refractivity contribution in [1.82, 2.24) is 0 Å². The summed E-state index contributed by atoms with van der Waals surface area (Å²) >= 11 is 0. The number of ketones is 1. The highest BCUT2D eigenvalue weighted by molar-refractivity contribution is 5.75. The third-order valence-corrected chi connectivity index (χ3v) is 2.33. The van der Waals surface area contributed by atoms with Crippen molar-refractivity contribution in [2.75, 3.05) is 6.61 Å². The number of hydrogen-bond donors (Lipinski definition) is 1. The third-order valence-electron chi connectivity index (χ3n) is 2.33. The summed E-state index contributed by atoms with van der Waals surface area (Å²) < 4.78 is 0. The molecule has 13 heavy (non-hydrogen) atoms. The average molecular weight is 186 g/mol. The van der Waals surface area contributed by atoms with Crippen molar-refractivity contribution in [2.45, 2.75) is 52.4 Å². The molecule has 0 aliphatic rings. The molecule has 0 saturated carbocycles. The lowest BCUT2D eigenvalue weighted by molar-refractivity contribution is -0.118. The van der Waals surface area contributed by atoms with Crippen molar-refractivity contribution >= 4 is 5.78 Å². The molecule has 0 bridgehead atoms. The van der Waals surface area contributed by atoms with Gasteiger partial charge in [-0.2, -0.15) is 0 Å². The van der Waals surface area contributed by atoms with Crippen LogP contribution in [0.2, 0.25) is 0 Å². The molecule has 0 aromatic rings. The molecule has 0 amide bonds. The SMILES string of the molecule is CCCCCC(CCO)CC(C)=O. The van der Waals surface area contributed by atoms with Crippen LogP contribution in [-0.2, 0) is 4.79 Å². The Morgan fingerprint density at radius 3 is 2.46 bits per heavy atom. The Balaban J connectivity index is 3.59. The molecule has 0 rings (SSSR count). The predicted octanol–water partition coefficient (Wildman–Crippen LogP) is 2.54. The lowest BCUT2D eigenvalue weighted by Gasteiger charge is -2.13. The van der Waals surface area contributed by atoms with Crippen molar-refractivity contribution in [3.05, 3.63) is 0 Å². The van der Waals surface area contributed by atoms with Crippen LogP contribution in [0.1, 0.15) is 52.4 Å². The summed E-state index contributed by atoms with van der Waals surface area (Å²) in [6.07, 6.45) is 6.15. The Labute approximate surface area is 81.3 Å². The summed E-state index contributed by atoms with van der Waals surface area (Å²) in [5.74, 6) is 0.656. The van der Waals surface area contributed by atoms with Gasteiger partial charge in [-0.05, 0) is 25.7 Å². The Morgan fingerprint density at radius 2 is 2.00 bits per heavy atom. The van der Waals surface area contributed by atoms with E-state index >= 15 is 0 Å². The highest BCUT2D eigenvalue weighted by Crippen LogP contribution is 2.17. The number of aliphatic hydroxyl groups is 1. The van der Waals surface area contributed by atoms with Crippen LogP contribution in [0.3, 0.4) is 0 Å². The standard InChI is InChI=1S/C11H22O2/c1-3-4-5-6-11(7-8-12)9-10(2)13/h11-12H,3-9H2,1-2H3. The Bertz CT molecular complexity index is 132. The zero-order chi connectivity index (χ0) is 10.1. The molecule has 78 valence electrons. The first-order valence-corrected chi connectivity index (χ1v) is 5.31. The van der Waals surface area contributed by atoms with Crippen LogP contribution in [0, 0.1) is 5.92 Å². The van der Waals surface area contributed by atoms with Gasteiger partial charge in [0, 0.05) is 13.0 Å². The quantitative estimate of drug-likeness (QED) is 0.591. The summed E-state index contributed by atoms with van der Waals surface area (Å²) in [4.78, 5) is 10.9. The smallest absolute Gasteiger partial charge is 0.130 e. The summed E-state index contributed by atoms with van der Waals surface area (Å²) in [6.45, 7) is 4.01. The van der Waals surface area contributed by atoms with Crippen LogP contribution < -0.4 is 0 Å². The van der Waals surface area contributed by atoms with E-state index in [0.717, 1.165) is 12.8 Å². The van der Waals surface area contributed by atoms with Gasteiger partial charge in [-0.25, -0.2) is 0 Å². The molecule has 0 aromatic heterocycles. The first-order chi connectivity index (χ1) is 6.20. The third kappa shape index (κ3) is 7.97. The zero-order valence-electron chi connectivity index (χ0n) is 8.88. The number of aliphatic hydroxyl groups excluding tert-OH is 1. The van der Waals surface area contributed by atoms with Crippen molar-refractivity contribution in [3.63, 3.8) is 0 Å². The average Bonchev–Trinajstić information content (AvgIpc) is 2.04. The Morgan fingerprint density at radius 1 is 1.31 bits per heavy atom. The first kappa shape index (κ1) is 12.6. The second-order valence-electron chi connectivity index (χ2n) is 3.78. The van der Waals surface area contributed by atoms with Gasteiger partial charge in [-0.15, -0.1) is 0 Å². The van der Waals surface area contributed by atoms with Crippen molar-refractivity contribution in [1.29, 1.82) is 0 Å². The summed E-state index contributed by atoms with van der Waals surface area (Å²) in [5.41, 5.74) is 0. The number of carbonyl (C=O) groups is 1. The van der Waals surface area contributed by atoms with E-state index in [1.165, 1.54) is 19.3 Å². The molecule has 1 unspecified atom stereocenters. The van der Waals surface area contributed by atoms with Gasteiger partial charge < -0.3 is 9.90 Å². The van der Waals surface area contributed by atoms with Crippen LogP contribution >= 0.6 is 0 Å². The molecular formula is C11H22O2. The highest BCUT2D eigenvalue weighted by atomic mass is 16.3. The summed E-state index contributed by atoms with van der Waals surface area (Å²) in [6, 6.07) is 0. The van der Waals surface area contributed by atoms with Gasteiger partial charge in [-0.3, -0.25) is 0 Å². The molecule has 2 nitrogen and oxygen atoms in total. The number of hydrogen-bond acceptors (Lipinski definition) is 2. The maximum absolute atomic E-state index is 10.9. The fraction of sp³-hybridized carbons (Fsp3) is 0.909. The van der Waals surface area contributed by atoms with Gasteiger partial charge >= 0.3 is 0 Å². The lowest BCUT2D eigenvalue weighted by Crippen LogP contribution is -2.08. The van der Waals surface area contributed by atoms with Gasteiger partial charge in [0.1, 0.15) is 5.78 Å². The molecule has 0 aromatic carbocycles. The van der Waals surface area contributed by atoms with Crippen LogP contribution in [0.5, 0.6) is 0 Å². The van der Waals surface area contributed by atoms with E-state index < -0.39 is 0 Å². The van der Waals surface area contributed by atoms with Gasteiger partial charge in [0.05, 0.1) is 0 Å². The normalized spacial score (nSPS) is 12.8. The summed E-state index contributed by atoms with van der Waals surface area (Å²) in [5, 5.41) is 8.79. The minimum Gasteiger partial charge on any atom is -0.396 e. The van der Waals surface area contributed by atoms with E-state index in [1.54, 1.807) is 6.92 Å². The van der Waals surface area contributed by atoms with Crippen molar-refractivity contribution in [3.8, 4) is 0 Å². The van der Waals surface area contributed by atoms with E-state index in [0.29, 0.717) is 12.3 Å². The zero-order valence-corrected chi connectivity index (χ0v) is 8.88. The first-order valence-electron chi connectivity index (χ1n) is 5.31.